The monoisotopic (exact) mass is 664 g/mol. The molecule has 0 saturated carbocycles. The van der Waals surface area contributed by atoms with Gasteiger partial charge in [0.1, 0.15) is 23.7 Å². The van der Waals surface area contributed by atoms with Crippen molar-refractivity contribution in [3.63, 3.8) is 0 Å². The highest BCUT2D eigenvalue weighted by Crippen LogP contribution is 2.41. The highest BCUT2D eigenvalue weighted by atomic mass is 16.5. The van der Waals surface area contributed by atoms with E-state index in [9.17, 15) is 9.59 Å². The van der Waals surface area contributed by atoms with E-state index < -0.39 is 0 Å². The number of carbonyl (C=O) groups is 2. The lowest BCUT2D eigenvalue weighted by atomic mass is 9.79. The van der Waals surface area contributed by atoms with Gasteiger partial charge in [-0.3, -0.25) is 9.59 Å². The number of rotatable bonds is 8. The van der Waals surface area contributed by atoms with Gasteiger partial charge >= 0.3 is 11.9 Å². The van der Waals surface area contributed by atoms with Gasteiger partial charge in [-0.1, -0.05) is 105 Å². The van der Waals surface area contributed by atoms with E-state index in [1.165, 1.54) is 0 Å². The highest BCUT2D eigenvalue weighted by molar-refractivity contribution is 5.73. The zero-order chi connectivity index (χ0) is 35.4. The molecule has 1 heterocycles. The van der Waals surface area contributed by atoms with E-state index in [4.69, 9.17) is 18.9 Å². The van der Waals surface area contributed by atoms with Crippen LogP contribution in [0.5, 0.6) is 11.5 Å². The first-order valence-electron chi connectivity index (χ1n) is 18.6. The summed E-state index contributed by atoms with van der Waals surface area (Å²) in [6.07, 6.45) is 6.36. The molecule has 48 heavy (non-hydrogen) atoms. The van der Waals surface area contributed by atoms with Crippen LogP contribution in [-0.2, 0) is 19.1 Å². The Morgan fingerprint density at radius 1 is 0.500 bits per heavy atom. The van der Waals surface area contributed by atoms with Crippen molar-refractivity contribution >= 4 is 11.9 Å². The van der Waals surface area contributed by atoms with Crippen LogP contribution in [-0.4, -0.2) is 26.2 Å². The summed E-state index contributed by atoms with van der Waals surface area (Å²) < 4.78 is 24.0. The standard InChI is InChI=1S/C42H64O6/c1-27(2)35-15-11-12-16-36(28(3)4)40(32-21-25-34(46-10)26-22-32)48-42(44)38(30(7)8)18-14-13-17-37(29(5)6)41(43)47-39(35)31-19-23-33(45-9)24-20-31/h19-30,35-40H,11-18H2,1-10H3/t35-,36-,37-,38-,39+,40?/m0/s1. The van der Waals surface area contributed by atoms with Crippen molar-refractivity contribution in [1.29, 1.82) is 0 Å². The lowest BCUT2D eigenvalue weighted by molar-refractivity contribution is -0.162. The number of methoxy groups -OCH3 is 2. The largest absolute Gasteiger partial charge is 0.497 e. The van der Waals surface area contributed by atoms with E-state index in [0.717, 1.165) is 74.0 Å². The normalized spacial score (nSPS) is 25.8. The average Bonchev–Trinajstić information content (AvgIpc) is 3.05. The van der Waals surface area contributed by atoms with Gasteiger partial charge < -0.3 is 18.9 Å². The molecular formula is C42H64O6. The molecule has 0 amide bonds. The molecule has 1 unspecified atom stereocenters. The quantitative estimate of drug-likeness (QED) is 0.262. The van der Waals surface area contributed by atoms with Gasteiger partial charge in [-0.2, -0.15) is 0 Å². The number of carbonyl (C=O) groups excluding carboxylic acids is 2. The molecule has 3 rings (SSSR count). The Balaban J connectivity index is 2.01. The molecule has 1 aliphatic heterocycles. The zero-order valence-electron chi connectivity index (χ0n) is 31.5. The molecule has 6 heteroatoms. The topological polar surface area (TPSA) is 71.1 Å². The maximum Gasteiger partial charge on any atom is 0.309 e. The average molecular weight is 665 g/mol. The lowest BCUT2D eigenvalue weighted by Gasteiger charge is -2.34. The molecule has 268 valence electrons. The maximum absolute atomic E-state index is 13.9. The summed E-state index contributed by atoms with van der Waals surface area (Å²) >= 11 is 0. The Kier molecular flexibility index (Phi) is 15.8. The second kappa shape index (κ2) is 19.2. The van der Waals surface area contributed by atoms with Crippen LogP contribution in [0.3, 0.4) is 0 Å². The molecule has 0 N–H and O–H groups in total. The molecule has 1 fully saturated rings. The van der Waals surface area contributed by atoms with Crippen molar-refractivity contribution in [3.8, 4) is 11.5 Å². The third-order valence-corrected chi connectivity index (χ3v) is 10.7. The third kappa shape index (κ3) is 11.0. The third-order valence-electron chi connectivity index (χ3n) is 10.7. The predicted octanol–water partition coefficient (Wildman–Crippen LogP) is 10.8. The minimum Gasteiger partial charge on any atom is -0.497 e. The van der Waals surface area contributed by atoms with Crippen molar-refractivity contribution in [2.24, 2.45) is 47.3 Å². The van der Waals surface area contributed by atoms with E-state index in [2.05, 4.69) is 79.7 Å². The van der Waals surface area contributed by atoms with Gasteiger partial charge in [0, 0.05) is 11.8 Å². The van der Waals surface area contributed by atoms with Crippen molar-refractivity contribution in [2.75, 3.05) is 14.2 Å². The van der Waals surface area contributed by atoms with Crippen LogP contribution in [0.25, 0.3) is 0 Å². The van der Waals surface area contributed by atoms with Crippen LogP contribution >= 0.6 is 0 Å². The minimum absolute atomic E-state index is 0.111. The Morgan fingerprint density at radius 2 is 0.812 bits per heavy atom. The predicted molar refractivity (Wildman–Crippen MR) is 194 cm³/mol. The van der Waals surface area contributed by atoms with Crippen LogP contribution < -0.4 is 9.47 Å². The molecule has 0 bridgehead atoms. The van der Waals surface area contributed by atoms with E-state index in [1.54, 1.807) is 14.2 Å². The Morgan fingerprint density at radius 3 is 1.08 bits per heavy atom. The number of benzene rings is 2. The fraction of sp³-hybridized carbons (Fsp3) is 0.667. The van der Waals surface area contributed by atoms with Crippen LogP contribution in [0.15, 0.2) is 48.5 Å². The summed E-state index contributed by atoms with van der Waals surface area (Å²) in [5.74, 6) is 2.21. The van der Waals surface area contributed by atoms with Crippen LogP contribution in [0.1, 0.15) is 130 Å². The van der Waals surface area contributed by atoms with Gasteiger partial charge in [0.2, 0.25) is 0 Å². The first-order valence-corrected chi connectivity index (χ1v) is 18.6. The number of hydrogen-bond acceptors (Lipinski definition) is 6. The van der Waals surface area contributed by atoms with Crippen molar-refractivity contribution in [3.05, 3.63) is 59.7 Å². The summed E-state index contributed by atoms with van der Waals surface area (Å²) in [4.78, 5) is 27.9. The molecule has 2 aromatic carbocycles. The minimum atomic E-state index is -0.331. The van der Waals surface area contributed by atoms with Gasteiger partial charge in [-0.05, 0) is 84.7 Å². The first-order chi connectivity index (χ1) is 22.9. The Labute approximate surface area is 291 Å². The summed E-state index contributed by atoms with van der Waals surface area (Å²) in [5.41, 5.74) is 2.04. The van der Waals surface area contributed by atoms with E-state index in [1.807, 2.05) is 24.3 Å². The SMILES string of the molecule is COc1ccc(C2OC(=O)[C@H](C(C)C)CCCC[C@@H](C(C)C)C(=O)O[C@H](c3ccc(OC)cc3)[C@H](C(C)C)CCCC[C@H]2C(C)C)cc1. The van der Waals surface area contributed by atoms with Crippen LogP contribution in [0.4, 0.5) is 0 Å². The number of esters is 2. The second-order valence-electron chi connectivity index (χ2n) is 15.3. The zero-order valence-corrected chi connectivity index (χ0v) is 31.5. The van der Waals surface area contributed by atoms with Gasteiger partial charge in [-0.25, -0.2) is 0 Å². The first kappa shape index (κ1) is 39.4. The smallest absolute Gasteiger partial charge is 0.309 e. The Bertz CT molecular complexity index is 1130. The van der Waals surface area contributed by atoms with Gasteiger partial charge in [0.25, 0.3) is 0 Å². The summed E-state index contributed by atoms with van der Waals surface area (Å²) in [6.45, 7) is 17.4. The van der Waals surface area contributed by atoms with E-state index in [-0.39, 0.29) is 59.7 Å². The summed E-state index contributed by atoms with van der Waals surface area (Å²) in [7, 11) is 3.34. The second-order valence-corrected chi connectivity index (χ2v) is 15.3. The highest BCUT2D eigenvalue weighted by Gasteiger charge is 2.35. The molecule has 0 aliphatic carbocycles. The van der Waals surface area contributed by atoms with E-state index >= 15 is 0 Å². The molecule has 1 aliphatic rings. The molecule has 0 radical (unpaired) electrons. The fourth-order valence-corrected chi connectivity index (χ4v) is 7.42. The molecule has 0 aromatic heterocycles. The Hall–Kier alpha value is -3.02. The number of hydrogen-bond donors (Lipinski definition) is 0. The summed E-state index contributed by atoms with van der Waals surface area (Å²) in [5, 5.41) is 0. The van der Waals surface area contributed by atoms with Crippen molar-refractivity contribution < 1.29 is 28.5 Å². The molecule has 6 nitrogen and oxygen atoms in total. The van der Waals surface area contributed by atoms with E-state index in [0.29, 0.717) is 11.8 Å². The molecule has 0 spiro atoms. The molecule has 2 aromatic rings. The van der Waals surface area contributed by atoms with Crippen molar-refractivity contribution in [1.82, 2.24) is 0 Å². The van der Waals surface area contributed by atoms with Gasteiger partial charge in [0.05, 0.1) is 26.1 Å². The van der Waals surface area contributed by atoms with Gasteiger partial charge in [0.15, 0.2) is 0 Å². The van der Waals surface area contributed by atoms with Crippen LogP contribution in [0, 0.1) is 47.3 Å². The molecule has 1 saturated heterocycles. The lowest BCUT2D eigenvalue weighted by Crippen LogP contribution is -2.30. The van der Waals surface area contributed by atoms with Crippen molar-refractivity contribution in [2.45, 2.75) is 119 Å². The van der Waals surface area contributed by atoms with Crippen LogP contribution in [0.2, 0.25) is 0 Å². The maximum atomic E-state index is 13.9. The van der Waals surface area contributed by atoms with Gasteiger partial charge in [-0.15, -0.1) is 0 Å². The number of ether oxygens (including phenoxy) is 4. The number of cyclic esters (lactones) is 2. The fourth-order valence-electron chi connectivity index (χ4n) is 7.42. The molecule has 6 atom stereocenters. The summed E-state index contributed by atoms with van der Waals surface area (Å²) in [6, 6.07) is 16.1. The molecular weight excluding hydrogens is 600 g/mol.